The first-order valence-electron chi connectivity index (χ1n) is 10.8. The van der Waals surface area contributed by atoms with Crippen LogP contribution in [0.1, 0.15) is 0 Å². The number of hydrogen-bond donors (Lipinski definition) is 2. The van der Waals surface area contributed by atoms with Crippen molar-refractivity contribution in [3.8, 4) is 39.9 Å². The summed E-state index contributed by atoms with van der Waals surface area (Å²) in [6, 6.07) is 12.5. The second kappa shape index (κ2) is 9.85. The van der Waals surface area contributed by atoms with Gasteiger partial charge in [0.2, 0.25) is 17.7 Å². The zero-order valence-corrected chi connectivity index (χ0v) is 19.8. The number of anilines is 1. The van der Waals surface area contributed by atoms with E-state index in [0.717, 1.165) is 16.7 Å². The number of amides is 1. The first-order valence-corrected chi connectivity index (χ1v) is 11.1. The van der Waals surface area contributed by atoms with Gasteiger partial charge in [-0.05, 0) is 30.3 Å². The molecule has 0 aliphatic rings. The van der Waals surface area contributed by atoms with Crippen LogP contribution >= 0.6 is 11.6 Å². The first kappa shape index (κ1) is 23.0. The van der Waals surface area contributed by atoms with Crippen LogP contribution in [0, 0.1) is 0 Å². The van der Waals surface area contributed by atoms with Gasteiger partial charge in [-0.3, -0.25) is 9.78 Å². The van der Waals surface area contributed by atoms with Gasteiger partial charge in [0.05, 0.1) is 19.0 Å². The number of pyridine rings is 2. The molecule has 5 aromatic rings. The van der Waals surface area contributed by atoms with E-state index in [1.165, 1.54) is 19.4 Å². The van der Waals surface area contributed by atoms with Crippen LogP contribution in [0.5, 0.6) is 17.5 Å². The van der Waals surface area contributed by atoms with Crippen LogP contribution in [0.15, 0.2) is 79.9 Å². The molecule has 4 heterocycles. The van der Waals surface area contributed by atoms with E-state index in [1.807, 2.05) is 18.3 Å². The molecule has 9 nitrogen and oxygen atoms in total. The Labute approximate surface area is 210 Å². The molecule has 0 bridgehead atoms. The molecule has 0 saturated heterocycles. The molecule has 36 heavy (non-hydrogen) atoms. The van der Waals surface area contributed by atoms with E-state index in [2.05, 4.69) is 36.8 Å². The Balaban J connectivity index is 1.41. The Kier molecular flexibility index (Phi) is 6.29. The zero-order valence-electron chi connectivity index (χ0n) is 19.0. The molecule has 0 fully saturated rings. The Morgan fingerprint density at radius 2 is 1.94 bits per heavy atom. The lowest BCUT2D eigenvalue weighted by Crippen LogP contribution is -2.07. The highest BCUT2D eigenvalue weighted by atomic mass is 35.5. The van der Waals surface area contributed by atoms with Crippen molar-refractivity contribution in [2.45, 2.75) is 0 Å². The van der Waals surface area contributed by atoms with E-state index >= 15 is 0 Å². The van der Waals surface area contributed by atoms with Gasteiger partial charge in [0.1, 0.15) is 16.3 Å². The maximum absolute atomic E-state index is 11.6. The molecule has 4 aromatic heterocycles. The summed E-state index contributed by atoms with van der Waals surface area (Å²) < 4.78 is 11.0. The Bertz CT molecular complexity index is 1580. The lowest BCUT2D eigenvalue weighted by Gasteiger charge is -2.08. The van der Waals surface area contributed by atoms with E-state index in [0.29, 0.717) is 45.1 Å². The van der Waals surface area contributed by atoms with Crippen LogP contribution in [0.3, 0.4) is 0 Å². The number of carbonyl (C=O) groups is 1. The molecule has 0 radical (unpaired) electrons. The van der Waals surface area contributed by atoms with Gasteiger partial charge in [0, 0.05) is 47.0 Å². The van der Waals surface area contributed by atoms with Gasteiger partial charge in [-0.1, -0.05) is 30.3 Å². The van der Waals surface area contributed by atoms with Gasteiger partial charge in [0.25, 0.3) is 0 Å². The first-order chi connectivity index (χ1) is 17.5. The zero-order chi connectivity index (χ0) is 25.1. The molecule has 1 amide bonds. The number of nitrogens with zero attached hydrogens (tertiary/aromatic N) is 4. The predicted molar refractivity (Wildman–Crippen MR) is 137 cm³/mol. The quantitative estimate of drug-likeness (QED) is 0.278. The predicted octanol–water partition coefficient (Wildman–Crippen LogP) is 5.66. The monoisotopic (exact) mass is 498 g/mol. The summed E-state index contributed by atoms with van der Waals surface area (Å²) in [4.78, 5) is 32.5. The summed E-state index contributed by atoms with van der Waals surface area (Å²) in [5.41, 5.74) is 4.97. The average Bonchev–Trinajstić information content (AvgIpc) is 3.32. The van der Waals surface area contributed by atoms with Gasteiger partial charge in [-0.15, -0.1) is 0 Å². The van der Waals surface area contributed by atoms with Crippen molar-refractivity contribution in [1.29, 1.82) is 0 Å². The summed E-state index contributed by atoms with van der Waals surface area (Å²) in [6.45, 7) is 3.45. The number of fused-ring (bicyclic) bond motifs is 1. The van der Waals surface area contributed by atoms with Gasteiger partial charge in [0.15, 0.2) is 5.65 Å². The van der Waals surface area contributed by atoms with Gasteiger partial charge in [-0.25, -0.2) is 15.0 Å². The van der Waals surface area contributed by atoms with E-state index < -0.39 is 0 Å². The molecule has 0 saturated carbocycles. The normalized spacial score (nSPS) is 10.7. The fourth-order valence-corrected chi connectivity index (χ4v) is 3.78. The van der Waals surface area contributed by atoms with Crippen LogP contribution < -0.4 is 14.8 Å². The summed E-state index contributed by atoms with van der Waals surface area (Å²) in [5.74, 6) is 0.858. The smallest absolute Gasteiger partial charge is 0.247 e. The fraction of sp³-hybridized carbons (Fsp3) is 0.0385. The van der Waals surface area contributed by atoms with Crippen LogP contribution in [0.25, 0.3) is 33.5 Å². The molecule has 0 unspecified atom stereocenters. The molecule has 2 N–H and O–H groups in total. The van der Waals surface area contributed by atoms with Crippen LogP contribution in [0.4, 0.5) is 5.69 Å². The van der Waals surface area contributed by atoms with E-state index in [4.69, 9.17) is 21.1 Å². The van der Waals surface area contributed by atoms with Crippen molar-refractivity contribution in [1.82, 2.24) is 24.9 Å². The molecule has 5 rings (SSSR count). The average molecular weight is 499 g/mol. The molecule has 0 aliphatic heterocycles. The Hall–Kier alpha value is -4.76. The number of H-pyrrole nitrogens is 1. The number of ether oxygens (including phenoxy) is 2. The maximum Gasteiger partial charge on any atom is 0.247 e. The number of carbonyl (C=O) groups excluding carboxylic acids is 1. The third kappa shape index (κ3) is 4.73. The summed E-state index contributed by atoms with van der Waals surface area (Å²) in [6.07, 6.45) is 7.95. The van der Waals surface area contributed by atoms with Crippen molar-refractivity contribution in [3.05, 3.63) is 84.9 Å². The minimum atomic E-state index is -0.309. The molecule has 0 spiro atoms. The van der Waals surface area contributed by atoms with Crippen molar-refractivity contribution in [3.63, 3.8) is 0 Å². The van der Waals surface area contributed by atoms with Gasteiger partial charge in [-0.2, -0.15) is 0 Å². The third-order valence-corrected chi connectivity index (χ3v) is 5.51. The molecular weight excluding hydrogens is 480 g/mol. The van der Waals surface area contributed by atoms with Crippen molar-refractivity contribution in [2.75, 3.05) is 12.4 Å². The number of aromatic amines is 1. The van der Waals surface area contributed by atoms with Crippen molar-refractivity contribution >= 4 is 34.4 Å². The maximum atomic E-state index is 11.6. The number of rotatable bonds is 7. The van der Waals surface area contributed by atoms with Gasteiger partial charge < -0.3 is 19.8 Å². The van der Waals surface area contributed by atoms with E-state index in [1.54, 1.807) is 42.7 Å². The molecule has 0 aliphatic carbocycles. The van der Waals surface area contributed by atoms with E-state index in [-0.39, 0.29) is 5.91 Å². The standard InChI is InChI=1S/C26H19ClN6O3/c1-3-22(34)32-17-5-4-6-18(10-17)36-23-14-30-25-24(33-23)19(13-29-25)15-7-8-21(28-11-15)16-9-20(27)26(35-2)31-12-16/h3-14H,1H2,2H3,(H,29,30)(H,32,34). The third-order valence-electron chi connectivity index (χ3n) is 5.24. The summed E-state index contributed by atoms with van der Waals surface area (Å²) in [5, 5.41) is 3.11. The number of benzene rings is 1. The Morgan fingerprint density at radius 3 is 2.69 bits per heavy atom. The number of nitrogens with one attached hydrogen (secondary N) is 2. The largest absolute Gasteiger partial charge is 0.480 e. The topological polar surface area (TPSA) is 115 Å². The second-order valence-corrected chi connectivity index (χ2v) is 7.99. The number of methoxy groups -OCH3 is 1. The van der Waals surface area contributed by atoms with Crippen molar-refractivity contribution in [2.24, 2.45) is 0 Å². The second-order valence-electron chi connectivity index (χ2n) is 7.58. The summed E-state index contributed by atoms with van der Waals surface area (Å²) in [7, 11) is 1.52. The van der Waals surface area contributed by atoms with Crippen LogP contribution in [0.2, 0.25) is 5.02 Å². The molecule has 10 heteroatoms. The lowest BCUT2D eigenvalue weighted by atomic mass is 10.1. The minimum Gasteiger partial charge on any atom is -0.480 e. The number of aromatic nitrogens is 5. The minimum absolute atomic E-state index is 0.305. The summed E-state index contributed by atoms with van der Waals surface area (Å²) >= 11 is 6.20. The highest BCUT2D eigenvalue weighted by molar-refractivity contribution is 6.32. The number of hydrogen-bond acceptors (Lipinski definition) is 7. The molecule has 178 valence electrons. The van der Waals surface area contributed by atoms with E-state index in [9.17, 15) is 4.79 Å². The van der Waals surface area contributed by atoms with Gasteiger partial charge >= 0.3 is 0 Å². The lowest BCUT2D eigenvalue weighted by molar-refractivity contribution is -0.111. The highest BCUT2D eigenvalue weighted by Crippen LogP contribution is 2.31. The SMILES string of the molecule is C=CC(=O)Nc1cccc(Oc2cnc3[nH]cc(-c4ccc(-c5cnc(OC)c(Cl)c5)nc4)c3n2)c1. The van der Waals surface area contributed by atoms with Crippen molar-refractivity contribution < 1.29 is 14.3 Å². The Morgan fingerprint density at radius 1 is 1.08 bits per heavy atom. The highest BCUT2D eigenvalue weighted by Gasteiger charge is 2.13. The fourth-order valence-electron chi connectivity index (χ4n) is 3.54. The van der Waals surface area contributed by atoms with Crippen LogP contribution in [-0.4, -0.2) is 37.9 Å². The molecular formula is C26H19ClN6O3. The molecule has 1 aromatic carbocycles. The van der Waals surface area contributed by atoms with Crippen LogP contribution in [-0.2, 0) is 4.79 Å². The number of halogens is 1. The molecule has 0 atom stereocenters.